The molecule has 3 aromatic rings. The molecule has 4 rings (SSSR count). The molecule has 3 heterocycles. The van der Waals surface area contributed by atoms with Crippen LogP contribution in [0.15, 0.2) is 35.1 Å². The minimum absolute atomic E-state index is 0.0638. The van der Waals surface area contributed by atoms with Crippen LogP contribution in [0.1, 0.15) is 24.1 Å². The number of rotatable bonds is 4. The molecule has 26 heavy (non-hydrogen) atoms. The minimum atomic E-state index is -4.42. The smallest absolute Gasteiger partial charge is 0.339 e. The van der Waals surface area contributed by atoms with Crippen molar-refractivity contribution in [3.63, 3.8) is 0 Å². The summed E-state index contributed by atoms with van der Waals surface area (Å²) >= 11 is 0. The summed E-state index contributed by atoms with van der Waals surface area (Å²) < 4.78 is 44.5. The zero-order valence-electron chi connectivity index (χ0n) is 13.5. The van der Waals surface area contributed by atoms with Crippen molar-refractivity contribution in [3.05, 3.63) is 42.3 Å². The first-order valence-corrected chi connectivity index (χ1v) is 7.96. The molecule has 0 spiro atoms. The highest BCUT2D eigenvalue weighted by Crippen LogP contribution is 2.29. The second-order valence-electron chi connectivity index (χ2n) is 6.20. The summed E-state index contributed by atoms with van der Waals surface area (Å²) in [6.45, 7) is -1.02. The van der Waals surface area contributed by atoms with E-state index in [0.717, 1.165) is 15.9 Å². The first kappa shape index (κ1) is 16.6. The Morgan fingerprint density at radius 1 is 1.27 bits per heavy atom. The van der Waals surface area contributed by atoms with Gasteiger partial charge in [0.25, 0.3) is 0 Å². The third kappa shape index (κ3) is 3.26. The SMILES string of the molecule is O=C1CC(c2nc(Cn3cnc4ccccc43)no2)CN1CC(F)(F)F. The fraction of sp³-hybridized carbons (Fsp3) is 0.375. The number of amides is 1. The number of likely N-dealkylation sites (tertiary alicyclic amines) is 1. The van der Waals surface area contributed by atoms with Crippen molar-refractivity contribution in [2.45, 2.75) is 25.1 Å². The van der Waals surface area contributed by atoms with Crippen LogP contribution in [-0.2, 0) is 11.3 Å². The van der Waals surface area contributed by atoms with Gasteiger partial charge in [-0.1, -0.05) is 17.3 Å². The minimum Gasteiger partial charge on any atom is -0.339 e. The number of hydrogen-bond donors (Lipinski definition) is 0. The lowest BCUT2D eigenvalue weighted by Crippen LogP contribution is -2.35. The highest BCUT2D eigenvalue weighted by atomic mass is 19.4. The topological polar surface area (TPSA) is 77.0 Å². The van der Waals surface area contributed by atoms with Crippen LogP contribution in [0.25, 0.3) is 11.0 Å². The Balaban J connectivity index is 1.48. The fourth-order valence-corrected chi connectivity index (χ4v) is 3.09. The molecule has 0 saturated carbocycles. The molecule has 1 amide bonds. The second kappa shape index (κ2) is 6.11. The molecule has 136 valence electrons. The first-order valence-electron chi connectivity index (χ1n) is 7.96. The van der Waals surface area contributed by atoms with E-state index in [1.54, 1.807) is 6.33 Å². The van der Waals surface area contributed by atoms with E-state index in [9.17, 15) is 18.0 Å². The van der Waals surface area contributed by atoms with Crippen LogP contribution < -0.4 is 0 Å². The van der Waals surface area contributed by atoms with Crippen molar-refractivity contribution in [1.29, 1.82) is 0 Å². The van der Waals surface area contributed by atoms with E-state index >= 15 is 0 Å². The third-order valence-corrected chi connectivity index (χ3v) is 4.26. The number of alkyl halides is 3. The van der Waals surface area contributed by atoms with Crippen molar-refractivity contribution < 1.29 is 22.5 Å². The van der Waals surface area contributed by atoms with Gasteiger partial charge in [-0.3, -0.25) is 4.79 Å². The molecule has 1 unspecified atom stereocenters. The van der Waals surface area contributed by atoms with Crippen LogP contribution in [0.4, 0.5) is 13.2 Å². The average molecular weight is 365 g/mol. The zero-order chi connectivity index (χ0) is 18.3. The molecule has 1 aliphatic rings. The molecule has 1 aromatic carbocycles. The van der Waals surface area contributed by atoms with Gasteiger partial charge in [0.1, 0.15) is 6.54 Å². The molecule has 10 heteroatoms. The predicted octanol–water partition coefficient (Wildman–Crippen LogP) is 2.35. The number of hydrogen-bond acceptors (Lipinski definition) is 5. The van der Waals surface area contributed by atoms with Crippen molar-refractivity contribution in [3.8, 4) is 0 Å². The van der Waals surface area contributed by atoms with Crippen LogP contribution in [-0.4, -0.2) is 49.8 Å². The Morgan fingerprint density at radius 2 is 2.08 bits per heavy atom. The third-order valence-electron chi connectivity index (χ3n) is 4.26. The van der Waals surface area contributed by atoms with E-state index in [1.807, 2.05) is 28.8 Å². The van der Waals surface area contributed by atoms with E-state index in [-0.39, 0.29) is 18.9 Å². The van der Waals surface area contributed by atoms with Crippen LogP contribution >= 0.6 is 0 Å². The highest BCUT2D eigenvalue weighted by Gasteiger charge is 2.40. The Labute approximate surface area is 145 Å². The Bertz CT molecular complexity index is 949. The molecule has 7 nitrogen and oxygen atoms in total. The second-order valence-corrected chi connectivity index (χ2v) is 6.20. The lowest BCUT2D eigenvalue weighted by atomic mass is 10.1. The number of fused-ring (bicyclic) bond motifs is 1. The first-order chi connectivity index (χ1) is 12.4. The maximum atomic E-state index is 12.5. The maximum absolute atomic E-state index is 12.5. The van der Waals surface area contributed by atoms with Gasteiger partial charge < -0.3 is 14.0 Å². The molecular formula is C16H14F3N5O2. The summed E-state index contributed by atoms with van der Waals surface area (Å²) in [5.41, 5.74) is 1.74. The van der Waals surface area contributed by atoms with Crippen LogP contribution in [0.3, 0.4) is 0 Å². The number of nitrogens with zero attached hydrogens (tertiary/aromatic N) is 5. The van der Waals surface area contributed by atoms with Gasteiger partial charge in [0.15, 0.2) is 5.82 Å². The van der Waals surface area contributed by atoms with Gasteiger partial charge in [0.2, 0.25) is 11.8 Å². The maximum Gasteiger partial charge on any atom is 0.406 e. The standard InChI is InChI=1S/C16H14F3N5O2/c17-16(18,19)8-23-6-10(5-14(23)25)15-21-13(22-26-15)7-24-9-20-11-3-1-2-4-12(11)24/h1-4,9-10H,5-8H2. The predicted molar refractivity (Wildman–Crippen MR) is 83.1 cm³/mol. The van der Waals surface area contributed by atoms with Crippen molar-refractivity contribution >= 4 is 16.9 Å². The van der Waals surface area contributed by atoms with Crippen molar-refractivity contribution in [1.82, 2.24) is 24.6 Å². The molecule has 0 radical (unpaired) electrons. The number of carbonyl (C=O) groups is 1. The molecule has 1 saturated heterocycles. The molecule has 0 aliphatic carbocycles. The van der Waals surface area contributed by atoms with E-state index in [1.165, 1.54) is 0 Å². The molecule has 1 atom stereocenters. The summed E-state index contributed by atoms with van der Waals surface area (Å²) in [4.78, 5) is 21.1. The highest BCUT2D eigenvalue weighted by molar-refractivity contribution is 5.79. The molecule has 1 fully saturated rings. The van der Waals surface area contributed by atoms with Crippen LogP contribution in [0.5, 0.6) is 0 Å². The van der Waals surface area contributed by atoms with Crippen molar-refractivity contribution in [2.75, 3.05) is 13.1 Å². The number of imidazole rings is 1. The van der Waals surface area contributed by atoms with Gasteiger partial charge in [0.05, 0.1) is 29.8 Å². The quantitative estimate of drug-likeness (QED) is 0.709. The van der Waals surface area contributed by atoms with Gasteiger partial charge in [-0.2, -0.15) is 18.2 Å². The largest absolute Gasteiger partial charge is 0.406 e. The summed E-state index contributed by atoms with van der Waals surface area (Å²) in [5.74, 6) is -0.523. The Kier molecular flexibility index (Phi) is 3.89. The lowest BCUT2D eigenvalue weighted by Gasteiger charge is -2.17. The summed E-state index contributed by atoms with van der Waals surface area (Å²) in [5, 5.41) is 3.88. The molecule has 0 bridgehead atoms. The monoisotopic (exact) mass is 365 g/mol. The van der Waals surface area contributed by atoms with Crippen LogP contribution in [0, 0.1) is 0 Å². The van der Waals surface area contributed by atoms with Crippen LogP contribution in [0.2, 0.25) is 0 Å². The number of carbonyl (C=O) groups excluding carboxylic acids is 1. The van der Waals surface area contributed by atoms with Gasteiger partial charge in [-0.15, -0.1) is 0 Å². The Morgan fingerprint density at radius 3 is 2.88 bits per heavy atom. The molecule has 2 aromatic heterocycles. The lowest BCUT2D eigenvalue weighted by molar-refractivity contribution is -0.157. The van der Waals surface area contributed by atoms with Gasteiger partial charge in [-0.05, 0) is 12.1 Å². The number of benzene rings is 1. The summed E-state index contributed by atoms with van der Waals surface area (Å²) in [7, 11) is 0. The van der Waals surface area contributed by atoms with Gasteiger partial charge in [-0.25, -0.2) is 4.98 Å². The van der Waals surface area contributed by atoms with E-state index < -0.39 is 24.5 Å². The molecular weight excluding hydrogens is 351 g/mol. The molecule has 0 N–H and O–H groups in total. The van der Waals surface area contributed by atoms with Gasteiger partial charge >= 0.3 is 6.18 Å². The number of para-hydroxylation sites is 2. The normalized spacial score (nSPS) is 18.2. The Hall–Kier alpha value is -2.91. The van der Waals surface area contributed by atoms with Crippen molar-refractivity contribution in [2.24, 2.45) is 0 Å². The zero-order valence-corrected chi connectivity index (χ0v) is 13.5. The van der Waals surface area contributed by atoms with E-state index in [2.05, 4.69) is 15.1 Å². The fourth-order valence-electron chi connectivity index (χ4n) is 3.09. The number of halogens is 3. The van der Waals surface area contributed by atoms with E-state index in [4.69, 9.17) is 4.52 Å². The molecule has 1 aliphatic heterocycles. The van der Waals surface area contributed by atoms with E-state index in [0.29, 0.717) is 12.4 Å². The summed E-state index contributed by atoms with van der Waals surface area (Å²) in [6, 6.07) is 7.57. The average Bonchev–Trinajstić information content (AvgIpc) is 3.27. The number of aromatic nitrogens is 4. The summed E-state index contributed by atoms with van der Waals surface area (Å²) in [6.07, 6.45) is -2.83. The van der Waals surface area contributed by atoms with Gasteiger partial charge in [0, 0.05) is 13.0 Å².